The Morgan fingerprint density at radius 2 is 2.10 bits per heavy atom. The first-order chi connectivity index (χ1) is 9.25. The number of alkyl halides is 3. The number of carbonyl (C=O) groups is 1. The first-order valence-electron chi connectivity index (χ1n) is 5.30. The molecule has 0 heterocycles. The monoisotopic (exact) mass is 287 g/mol. The third kappa shape index (κ3) is 3.98. The number of hydrogen-bond acceptors (Lipinski definition) is 4. The number of esters is 1. The van der Waals surface area contributed by atoms with E-state index in [-0.39, 0.29) is 12.2 Å². The fourth-order valence-electron chi connectivity index (χ4n) is 1.29. The van der Waals surface area contributed by atoms with Gasteiger partial charge in [-0.2, -0.15) is 13.2 Å². The van der Waals surface area contributed by atoms with Crippen molar-refractivity contribution < 1.29 is 27.6 Å². The fraction of sp³-hybridized carbons (Fsp3) is 0.250. The molecule has 0 N–H and O–H groups in total. The molecule has 0 amide bonds. The van der Waals surface area contributed by atoms with E-state index in [1.54, 1.807) is 6.92 Å². The van der Waals surface area contributed by atoms with Crippen LogP contribution in [0.1, 0.15) is 18.1 Å². The summed E-state index contributed by atoms with van der Waals surface area (Å²) in [6, 6.07) is 2.16. The van der Waals surface area contributed by atoms with E-state index in [0.29, 0.717) is 12.1 Å². The van der Waals surface area contributed by atoms with Gasteiger partial charge < -0.3 is 4.74 Å². The van der Waals surface area contributed by atoms with Gasteiger partial charge in [0.05, 0.1) is 11.5 Å². The predicted octanol–water partition coefficient (Wildman–Crippen LogP) is 2.53. The van der Waals surface area contributed by atoms with Crippen LogP contribution in [-0.4, -0.2) is 17.5 Å². The number of nitrogens with zero attached hydrogens (tertiary/aromatic N) is 1. The molecule has 0 fully saturated rings. The Bertz CT molecular complexity index is 599. The second kappa shape index (κ2) is 6.06. The van der Waals surface area contributed by atoms with Gasteiger partial charge in [-0.15, -0.1) is 0 Å². The van der Waals surface area contributed by atoms with Crippen molar-refractivity contribution in [2.75, 3.05) is 6.61 Å². The molecule has 0 radical (unpaired) electrons. The maximum absolute atomic E-state index is 12.5. The number of nitro benzene ring substituents is 1. The summed E-state index contributed by atoms with van der Waals surface area (Å²) in [5.74, 6) is 3.35. The fourth-order valence-corrected chi connectivity index (χ4v) is 1.29. The van der Waals surface area contributed by atoms with E-state index in [2.05, 4.69) is 10.7 Å². The van der Waals surface area contributed by atoms with E-state index in [1.807, 2.05) is 5.92 Å². The first kappa shape index (κ1) is 15.5. The molecule has 20 heavy (non-hydrogen) atoms. The zero-order valence-corrected chi connectivity index (χ0v) is 10.2. The van der Waals surface area contributed by atoms with Gasteiger partial charge in [-0.3, -0.25) is 10.1 Å². The molecule has 0 aliphatic heterocycles. The highest BCUT2D eigenvalue weighted by Crippen LogP contribution is 2.36. The number of nitro groups is 1. The van der Waals surface area contributed by atoms with Gasteiger partial charge in [-0.05, 0) is 19.1 Å². The number of rotatable bonds is 2. The Kier molecular flexibility index (Phi) is 4.69. The van der Waals surface area contributed by atoms with Gasteiger partial charge in [0.15, 0.2) is 0 Å². The number of hydrogen-bond donors (Lipinski definition) is 0. The molecule has 0 unspecified atom stereocenters. The van der Waals surface area contributed by atoms with Crippen LogP contribution in [0.25, 0.3) is 0 Å². The topological polar surface area (TPSA) is 69.4 Å². The molecule has 5 nitrogen and oxygen atoms in total. The van der Waals surface area contributed by atoms with Crippen LogP contribution in [0.15, 0.2) is 18.2 Å². The van der Waals surface area contributed by atoms with E-state index in [0.717, 1.165) is 6.07 Å². The highest BCUT2D eigenvalue weighted by molar-refractivity contribution is 5.89. The summed E-state index contributed by atoms with van der Waals surface area (Å²) in [5, 5.41) is 10.6. The predicted molar refractivity (Wildman–Crippen MR) is 61.6 cm³/mol. The molecule has 8 heteroatoms. The van der Waals surface area contributed by atoms with Crippen molar-refractivity contribution in [1.82, 2.24) is 0 Å². The smallest absolute Gasteiger partial charge is 0.422 e. The third-order valence-corrected chi connectivity index (χ3v) is 2.08. The van der Waals surface area contributed by atoms with Crippen molar-refractivity contribution >= 4 is 11.7 Å². The lowest BCUT2D eigenvalue weighted by Crippen LogP contribution is -2.09. The third-order valence-electron chi connectivity index (χ3n) is 2.08. The lowest BCUT2D eigenvalue weighted by Gasteiger charge is -2.07. The van der Waals surface area contributed by atoms with E-state index in [4.69, 9.17) is 0 Å². The molecule has 0 spiro atoms. The summed E-state index contributed by atoms with van der Waals surface area (Å²) in [6.07, 6.45) is -4.84. The average molecular weight is 287 g/mol. The van der Waals surface area contributed by atoms with E-state index >= 15 is 0 Å². The Balaban J connectivity index is 3.18. The van der Waals surface area contributed by atoms with Gasteiger partial charge in [0.25, 0.3) is 5.69 Å². The van der Waals surface area contributed by atoms with Crippen LogP contribution in [0.3, 0.4) is 0 Å². The van der Waals surface area contributed by atoms with Gasteiger partial charge in [-0.25, -0.2) is 4.79 Å². The number of carbonyl (C=O) groups excluding carboxylic acids is 1. The molecule has 1 aromatic carbocycles. The molecule has 0 saturated carbocycles. The van der Waals surface area contributed by atoms with Gasteiger partial charge in [-0.1, -0.05) is 5.92 Å². The van der Waals surface area contributed by atoms with Crippen molar-refractivity contribution in [3.05, 3.63) is 39.4 Å². The second-order valence-electron chi connectivity index (χ2n) is 3.46. The van der Waals surface area contributed by atoms with Crippen molar-refractivity contribution in [2.45, 2.75) is 13.1 Å². The molecular formula is C12H8F3NO4. The van der Waals surface area contributed by atoms with Gasteiger partial charge in [0, 0.05) is 17.6 Å². The van der Waals surface area contributed by atoms with Crippen molar-refractivity contribution in [3.8, 4) is 11.8 Å². The number of halogens is 3. The molecule has 0 bridgehead atoms. The average Bonchev–Trinajstić information content (AvgIpc) is 2.35. The number of benzene rings is 1. The van der Waals surface area contributed by atoms with Crippen LogP contribution in [0.2, 0.25) is 0 Å². The standard InChI is InChI=1S/C12H8F3NO4/c1-2-20-11(17)6-4-8-3-5-9(12(13,14)15)10(7-8)16(18)19/h3,5,7H,2H2,1H3. The second-order valence-corrected chi connectivity index (χ2v) is 3.46. The lowest BCUT2D eigenvalue weighted by molar-refractivity contribution is -0.388. The van der Waals surface area contributed by atoms with Crippen LogP contribution < -0.4 is 0 Å². The van der Waals surface area contributed by atoms with Gasteiger partial charge in [0.1, 0.15) is 5.56 Å². The minimum absolute atomic E-state index is 0.0854. The minimum atomic E-state index is -4.84. The Labute approximate surface area is 111 Å². The zero-order valence-electron chi connectivity index (χ0n) is 10.2. The van der Waals surface area contributed by atoms with E-state index in [1.165, 1.54) is 0 Å². The molecule has 106 valence electrons. The van der Waals surface area contributed by atoms with E-state index < -0.39 is 28.3 Å². The minimum Gasteiger partial charge on any atom is -0.456 e. The van der Waals surface area contributed by atoms with Crippen LogP contribution >= 0.6 is 0 Å². The lowest BCUT2D eigenvalue weighted by atomic mass is 10.1. The van der Waals surface area contributed by atoms with Crippen molar-refractivity contribution in [3.63, 3.8) is 0 Å². The summed E-state index contributed by atoms with van der Waals surface area (Å²) in [7, 11) is 0. The largest absolute Gasteiger partial charge is 0.456 e. The zero-order chi connectivity index (χ0) is 15.3. The maximum Gasteiger partial charge on any atom is 0.422 e. The molecule has 1 rings (SSSR count). The Morgan fingerprint density at radius 3 is 2.60 bits per heavy atom. The van der Waals surface area contributed by atoms with Crippen LogP contribution in [0.4, 0.5) is 18.9 Å². The molecule has 0 aromatic heterocycles. The SMILES string of the molecule is CCOC(=O)C#Cc1ccc(C(F)(F)F)c([N+](=O)[O-])c1. The van der Waals surface area contributed by atoms with Crippen LogP contribution in [-0.2, 0) is 15.7 Å². The quantitative estimate of drug-likeness (QED) is 0.363. The molecule has 0 atom stereocenters. The normalized spacial score (nSPS) is 10.4. The van der Waals surface area contributed by atoms with E-state index in [9.17, 15) is 28.1 Å². The summed E-state index contributed by atoms with van der Waals surface area (Å²) >= 11 is 0. The van der Waals surface area contributed by atoms with Crippen molar-refractivity contribution in [1.29, 1.82) is 0 Å². The Morgan fingerprint density at radius 1 is 1.45 bits per heavy atom. The maximum atomic E-state index is 12.5. The number of ether oxygens (including phenoxy) is 1. The highest BCUT2D eigenvalue weighted by atomic mass is 19.4. The van der Waals surface area contributed by atoms with Gasteiger partial charge >= 0.3 is 12.1 Å². The van der Waals surface area contributed by atoms with Crippen LogP contribution in [0.5, 0.6) is 0 Å². The summed E-state index contributed by atoms with van der Waals surface area (Å²) in [6.45, 7) is 1.66. The van der Waals surface area contributed by atoms with Crippen LogP contribution in [0, 0.1) is 22.0 Å². The molecular weight excluding hydrogens is 279 g/mol. The summed E-state index contributed by atoms with van der Waals surface area (Å²) < 4.78 is 42.1. The van der Waals surface area contributed by atoms with Gasteiger partial charge in [0.2, 0.25) is 0 Å². The Hall–Kier alpha value is -2.56. The molecule has 0 aliphatic carbocycles. The summed E-state index contributed by atoms with van der Waals surface area (Å²) in [5.41, 5.74) is -2.57. The highest BCUT2D eigenvalue weighted by Gasteiger charge is 2.38. The molecule has 1 aromatic rings. The first-order valence-corrected chi connectivity index (χ1v) is 5.30. The molecule has 0 aliphatic rings. The molecule has 0 saturated heterocycles. The summed E-state index contributed by atoms with van der Waals surface area (Å²) in [4.78, 5) is 20.4. The van der Waals surface area contributed by atoms with Crippen molar-refractivity contribution in [2.24, 2.45) is 0 Å².